The zero-order chi connectivity index (χ0) is 30.9. The van der Waals surface area contributed by atoms with Gasteiger partial charge in [-0.15, -0.1) is 4.68 Å². The first kappa shape index (κ1) is 31.6. The van der Waals surface area contributed by atoms with Crippen molar-refractivity contribution < 1.29 is 50.1 Å². The fourth-order valence-electron chi connectivity index (χ4n) is 3.90. The summed E-state index contributed by atoms with van der Waals surface area (Å²) in [7, 11) is 0. The summed E-state index contributed by atoms with van der Waals surface area (Å²) in [5.41, 5.74) is 4.90. The maximum absolute atomic E-state index is 14.0. The van der Waals surface area contributed by atoms with Crippen LogP contribution in [0.15, 0.2) is 24.7 Å². The number of amides is 1. The first-order chi connectivity index (χ1) is 18.8. The van der Waals surface area contributed by atoms with Crippen molar-refractivity contribution in [3.63, 3.8) is 0 Å². The van der Waals surface area contributed by atoms with Gasteiger partial charge in [-0.2, -0.15) is 23.4 Å². The minimum absolute atomic E-state index is 0.0330. The summed E-state index contributed by atoms with van der Waals surface area (Å²) in [5.74, 6) is -6.18. The maximum atomic E-state index is 14.0. The number of hydrogen-bond acceptors (Lipinski definition) is 6. The molecule has 3 heterocycles. The van der Waals surface area contributed by atoms with Crippen molar-refractivity contribution in [3.8, 4) is 0 Å². The third-order valence-electron chi connectivity index (χ3n) is 6.11. The van der Waals surface area contributed by atoms with Gasteiger partial charge in [-0.05, 0) is 18.9 Å². The fraction of sp³-hybridized carbons (Fsp3) is 0.522. The molecule has 11 nitrogen and oxygen atoms in total. The summed E-state index contributed by atoms with van der Waals surface area (Å²) in [5, 5.41) is 19.2. The number of rotatable bonds is 5. The molecule has 18 heteroatoms. The summed E-state index contributed by atoms with van der Waals surface area (Å²) in [6.07, 6.45) is -3.24. The molecule has 3 aromatic rings. The first-order valence-corrected chi connectivity index (χ1v) is 12.1. The SMILES string of the molecule is CC(C)(C)[n+]1cc(NC(=O)c2cnn3ccc(N[C@@H]4CCCC(F)(F)[C@@H]4N)nc23)c(C(F)F)[nH]1.O=C(O)C(F)(F)F. The number of nitrogens with zero attached hydrogens (tertiary/aromatic N) is 4. The number of nitrogens with one attached hydrogen (secondary N) is 3. The van der Waals surface area contributed by atoms with Crippen LogP contribution in [0.25, 0.3) is 5.65 Å². The Morgan fingerprint density at radius 3 is 2.46 bits per heavy atom. The minimum atomic E-state index is -5.08. The maximum Gasteiger partial charge on any atom is 0.490 e. The largest absolute Gasteiger partial charge is 0.490 e. The topological polar surface area (TPSA) is 154 Å². The van der Waals surface area contributed by atoms with Crippen molar-refractivity contribution in [2.45, 2.75) is 76.2 Å². The Kier molecular flexibility index (Phi) is 8.85. The van der Waals surface area contributed by atoms with E-state index in [1.54, 1.807) is 0 Å². The second-order valence-corrected chi connectivity index (χ2v) is 10.2. The molecule has 1 aliphatic carbocycles. The number of H-pyrrole nitrogens is 1. The number of nitrogens with two attached hydrogens (primary N) is 1. The molecule has 3 aromatic heterocycles. The summed E-state index contributed by atoms with van der Waals surface area (Å²) in [6, 6.07) is -0.530. The quantitative estimate of drug-likeness (QED) is 0.221. The number of aliphatic carboxylic acids is 1. The van der Waals surface area contributed by atoms with E-state index in [9.17, 15) is 35.5 Å². The van der Waals surface area contributed by atoms with Gasteiger partial charge >= 0.3 is 12.1 Å². The number of hydrogen-bond donors (Lipinski definition) is 5. The molecule has 4 rings (SSSR count). The molecule has 0 bridgehead atoms. The third-order valence-corrected chi connectivity index (χ3v) is 6.11. The van der Waals surface area contributed by atoms with E-state index in [1.807, 2.05) is 20.8 Å². The molecule has 226 valence electrons. The second kappa shape index (κ2) is 11.5. The van der Waals surface area contributed by atoms with Crippen molar-refractivity contribution in [2.75, 3.05) is 10.6 Å². The number of fused-ring (bicyclic) bond motifs is 1. The predicted octanol–water partition coefficient (Wildman–Crippen LogP) is 3.85. The van der Waals surface area contributed by atoms with Gasteiger partial charge in [-0.1, -0.05) is 0 Å². The Hall–Kier alpha value is -3.96. The van der Waals surface area contributed by atoms with Gasteiger partial charge in [0, 0.05) is 39.4 Å². The molecule has 0 aromatic carbocycles. The van der Waals surface area contributed by atoms with Gasteiger partial charge < -0.3 is 21.5 Å². The van der Waals surface area contributed by atoms with Crippen LogP contribution in [-0.4, -0.2) is 60.9 Å². The molecule has 0 radical (unpaired) electrons. The molecule has 1 aliphatic rings. The third kappa shape index (κ3) is 7.42. The van der Waals surface area contributed by atoms with Gasteiger partial charge in [0.25, 0.3) is 18.3 Å². The van der Waals surface area contributed by atoms with Gasteiger partial charge in [0.2, 0.25) is 6.20 Å². The van der Waals surface area contributed by atoms with Crippen LogP contribution < -0.4 is 21.0 Å². The van der Waals surface area contributed by atoms with E-state index < -0.39 is 53.7 Å². The van der Waals surface area contributed by atoms with Crippen molar-refractivity contribution in [3.05, 3.63) is 35.9 Å². The number of halogens is 7. The number of carboxylic acids is 1. The number of alkyl halides is 7. The van der Waals surface area contributed by atoms with Crippen LogP contribution in [0.2, 0.25) is 0 Å². The van der Waals surface area contributed by atoms with Crippen LogP contribution in [0.3, 0.4) is 0 Å². The molecule has 1 fully saturated rings. The van der Waals surface area contributed by atoms with Crippen molar-refractivity contribution >= 4 is 29.0 Å². The van der Waals surface area contributed by atoms with Crippen LogP contribution in [0.4, 0.5) is 42.2 Å². The lowest BCUT2D eigenvalue weighted by molar-refractivity contribution is -0.802. The Morgan fingerprint density at radius 1 is 1.27 bits per heavy atom. The van der Waals surface area contributed by atoms with Crippen molar-refractivity contribution in [1.29, 1.82) is 0 Å². The predicted molar refractivity (Wildman–Crippen MR) is 130 cm³/mol. The number of aromatic amines is 1. The number of carbonyl (C=O) groups is 2. The normalized spacial score (nSPS) is 19.0. The van der Waals surface area contributed by atoms with Crippen molar-refractivity contribution in [1.82, 2.24) is 19.7 Å². The monoisotopic (exact) mass is 597 g/mol. The molecular formula is C23H28F7N8O3+. The molecule has 2 atom stereocenters. The Balaban J connectivity index is 0.000000587. The van der Waals surface area contributed by atoms with Crippen LogP contribution in [-0.2, 0) is 10.3 Å². The molecule has 1 saturated carbocycles. The highest BCUT2D eigenvalue weighted by Gasteiger charge is 2.45. The fourth-order valence-corrected chi connectivity index (χ4v) is 3.90. The Labute approximate surface area is 227 Å². The zero-order valence-electron chi connectivity index (χ0n) is 21.9. The molecule has 0 spiro atoms. The molecule has 0 unspecified atom stereocenters. The van der Waals surface area contributed by atoms with Crippen LogP contribution >= 0.6 is 0 Å². The van der Waals surface area contributed by atoms with Gasteiger partial charge in [0.15, 0.2) is 16.9 Å². The number of carbonyl (C=O) groups excluding carboxylic acids is 1. The molecular weight excluding hydrogens is 569 g/mol. The minimum Gasteiger partial charge on any atom is -0.475 e. The van der Waals surface area contributed by atoms with E-state index in [2.05, 4.69) is 25.8 Å². The molecule has 6 N–H and O–H groups in total. The van der Waals surface area contributed by atoms with Gasteiger partial charge in [-0.3, -0.25) is 4.79 Å². The van der Waals surface area contributed by atoms with Gasteiger partial charge in [-0.25, -0.2) is 31.9 Å². The summed E-state index contributed by atoms with van der Waals surface area (Å²) in [6.45, 7) is 5.46. The highest BCUT2D eigenvalue weighted by molar-refractivity contribution is 6.08. The van der Waals surface area contributed by atoms with E-state index in [0.29, 0.717) is 12.8 Å². The summed E-state index contributed by atoms with van der Waals surface area (Å²) in [4.78, 5) is 26.2. The molecule has 1 amide bonds. The van der Waals surface area contributed by atoms with E-state index in [4.69, 9.17) is 15.6 Å². The lowest BCUT2D eigenvalue weighted by atomic mass is 9.87. The summed E-state index contributed by atoms with van der Waals surface area (Å²) < 4.78 is 89.6. The average Bonchev–Trinajstić information content (AvgIpc) is 3.46. The van der Waals surface area contributed by atoms with E-state index in [0.717, 1.165) is 0 Å². The van der Waals surface area contributed by atoms with Gasteiger partial charge in [0.1, 0.15) is 17.1 Å². The average molecular weight is 598 g/mol. The highest BCUT2D eigenvalue weighted by atomic mass is 19.4. The van der Waals surface area contributed by atoms with Gasteiger partial charge in [0.05, 0.1) is 12.2 Å². The van der Waals surface area contributed by atoms with E-state index >= 15 is 0 Å². The smallest absolute Gasteiger partial charge is 0.475 e. The van der Waals surface area contributed by atoms with Crippen LogP contribution in [0.1, 0.15) is 62.5 Å². The van der Waals surface area contributed by atoms with E-state index in [-0.39, 0.29) is 29.1 Å². The second-order valence-electron chi connectivity index (χ2n) is 10.2. The Morgan fingerprint density at radius 2 is 1.90 bits per heavy atom. The standard InChI is InChI=1S/C21H26F4N8O.C2HF3O2/c1-20(2,3)33-10-13(15(31-33)17(22)23)29-19(34)11-9-27-32-8-6-14(30-18(11)32)28-12-5-4-7-21(24,25)16(12)26;3-2(4,5)1(6)7/h6,8-10,12,16-17H,4-5,7,26H2,1-3H3,(H2,27,28,29,30,34);(H,6,7)/p+1/t12-,16-;/m1./s1. The lowest BCUT2D eigenvalue weighted by Crippen LogP contribution is -2.55. The van der Waals surface area contributed by atoms with Crippen LogP contribution in [0.5, 0.6) is 0 Å². The lowest BCUT2D eigenvalue weighted by Gasteiger charge is -2.36. The number of aromatic nitrogens is 5. The first-order valence-electron chi connectivity index (χ1n) is 12.1. The zero-order valence-corrected chi connectivity index (χ0v) is 21.9. The van der Waals surface area contributed by atoms with Crippen molar-refractivity contribution in [2.24, 2.45) is 5.73 Å². The highest BCUT2D eigenvalue weighted by Crippen LogP contribution is 2.33. The number of anilines is 2. The molecule has 41 heavy (non-hydrogen) atoms. The number of carboxylic acid groups (broad SMARTS) is 1. The molecule has 0 aliphatic heterocycles. The summed E-state index contributed by atoms with van der Waals surface area (Å²) >= 11 is 0. The van der Waals surface area contributed by atoms with Crippen LogP contribution in [0, 0.1) is 0 Å². The van der Waals surface area contributed by atoms with E-state index in [1.165, 1.54) is 33.9 Å². The Bertz CT molecular complexity index is 1400. The molecule has 0 saturated heterocycles.